The van der Waals surface area contributed by atoms with Crippen LogP contribution >= 0.6 is 11.3 Å². The first-order valence-electron chi connectivity index (χ1n) is 7.78. The van der Waals surface area contributed by atoms with E-state index < -0.39 is 0 Å². The quantitative estimate of drug-likeness (QED) is 0.758. The number of thiazole rings is 1. The summed E-state index contributed by atoms with van der Waals surface area (Å²) in [5.41, 5.74) is 3.43. The van der Waals surface area contributed by atoms with Gasteiger partial charge in [0.2, 0.25) is 0 Å². The smallest absolute Gasteiger partial charge is 0.319 e. The minimum atomic E-state index is -0.209. The van der Waals surface area contributed by atoms with Crippen molar-refractivity contribution in [2.45, 2.75) is 33.4 Å². The second-order valence-electron chi connectivity index (χ2n) is 6.81. The summed E-state index contributed by atoms with van der Waals surface area (Å²) in [5.74, 6) is 0. The van der Waals surface area contributed by atoms with Crippen molar-refractivity contribution in [1.29, 1.82) is 0 Å². The van der Waals surface area contributed by atoms with E-state index in [-0.39, 0.29) is 17.5 Å². The molecule has 0 saturated carbocycles. The van der Waals surface area contributed by atoms with Crippen LogP contribution in [0.1, 0.15) is 20.8 Å². The number of aromatic nitrogens is 3. The van der Waals surface area contributed by atoms with Crippen molar-refractivity contribution >= 4 is 33.3 Å². The predicted octanol–water partition coefficient (Wildman–Crippen LogP) is 3.73. The highest BCUT2D eigenvalue weighted by Crippen LogP contribution is 2.23. The number of rotatable bonds is 4. The maximum atomic E-state index is 12.4. The molecular weight excluding hydrogens is 322 g/mol. The summed E-state index contributed by atoms with van der Waals surface area (Å²) in [5, 5.41) is 5.98. The zero-order valence-electron chi connectivity index (χ0n) is 14.0. The average Bonchev–Trinajstić information content (AvgIpc) is 3.16. The Kier molecular flexibility index (Phi) is 4.53. The number of carbonyl (C=O) groups is 1. The van der Waals surface area contributed by atoms with Crippen molar-refractivity contribution in [3.8, 4) is 0 Å². The molecule has 1 aromatic carbocycles. The van der Waals surface area contributed by atoms with Gasteiger partial charge < -0.3 is 15.2 Å². The minimum Gasteiger partial charge on any atom is -0.335 e. The van der Waals surface area contributed by atoms with E-state index in [4.69, 9.17) is 0 Å². The fourth-order valence-electron chi connectivity index (χ4n) is 2.40. The Balaban J connectivity index is 1.68. The van der Waals surface area contributed by atoms with E-state index in [1.54, 1.807) is 29.4 Å². The Morgan fingerprint density at radius 2 is 2.21 bits per heavy atom. The lowest BCUT2D eigenvalue weighted by atomic mass is 9.86. The number of imidazole rings is 1. The van der Waals surface area contributed by atoms with Crippen LogP contribution in [0.5, 0.6) is 0 Å². The molecule has 24 heavy (non-hydrogen) atoms. The molecule has 0 aliphatic carbocycles. The zero-order valence-corrected chi connectivity index (χ0v) is 14.8. The summed E-state index contributed by atoms with van der Waals surface area (Å²) in [6.07, 6.45) is 5.40. The Morgan fingerprint density at radius 1 is 1.38 bits per heavy atom. The van der Waals surface area contributed by atoms with E-state index in [0.29, 0.717) is 6.54 Å². The summed E-state index contributed by atoms with van der Waals surface area (Å²) >= 11 is 1.56. The van der Waals surface area contributed by atoms with Crippen LogP contribution in [0.4, 0.5) is 10.5 Å². The monoisotopic (exact) mass is 343 g/mol. The van der Waals surface area contributed by atoms with Gasteiger partial charge in [0.15, 0.2) is 0 Å². The molecule has 3 aromatic rings. The molecule has 2 aromatic heterocycles. The van der Waals surface area contributed by atoms with Gasteiger partial charge in [0, 0.05) is 24.6 Å². The normalized spacial score (nSPS) is 13.0. The van der Waals surface area contributed by atoms with Crippen LogP contribution < -0.4 is 10.6 Å². The highest BCUT2D eigenvalue weighted by Gasteiger charge is 2.26. The van der Waals surface area contributed by atoms with Gasteiger partial charge in [-0.1, -0.05) is 20.8 Å². The van der Waals surface area contributed by atoms with Crippen molar-refractivity contribution in [1.82, 2.24) is 19.9 Å². The lowest BCUT2D eigenvalue weighted by molar-refractivity contribution is 0.219. The van der Waals surface area contributed by atoms with Crippen LogP contribution in [0.2, 0.25) is 0 Å². The van der Waals surface area contributed by atoms with Crippen molar-refractivity contribution in [3.63, 3.8) is 0 Å². The fraction of sp³-hybridized carbons (Fsp3) is 0.353. The number of nitrogens with zero attached hydrogens (tertiary/aromatic N) is 3. The van der Waals surface area contributed by atoms with Crippen molar-refractivity contribution in [3.05, 3.63) is 42.4 Å². The number of hydrogen-bond donors (Lipinski definition) is 2. The van der Waals surface area contributed by atoms with E-state index in [0.717, 1.165) is 15.9 Å². The first-order chi connectivity index (χ1) is 11.4. The molecular formula is C17H21N5OS. The highest BCUT2D eigenvalue weighted by molar-refractivity contribution is 7.16. The summed E-state index contributed by atoms with van der Waals surface area (Å²) in [7, 11) is 0. The molecule has 1 atom stereocenters. The lowest BCUT2D eigenvalue weighted by Gasteiger charge is -2.31. The number of amides is 2. The number of carbonyl (C=O) groups excluding carboxylic acids is 1. The number of nitrogens with one attached hydrogen (secondary N) is 2. The van der Waals surface area contributed by atoms with Gasteiger partial charge in [-0.15, -0.1) is 11.3 Å². The number of hydrogen-bond acceptors (Lipinski definition) is 4. The van der Waals surface area contributed by atoms with Crippen LogP contribution in [-0.2, 0) is 6.54 Å². The molecule has 0 unspecified atom stereocenters. The number of benzene rings is 1. The summed E-state index contributed by atoms with van der Waals surface area (Å²) in [4.78, 5) is 20.7. The third-order valence-corrected chi connectivity index (χ3v) is 4.68. The molecule has 0 fully saturated rings. The molecule has 0 bridgehead atoms. The first kappa shape index (κ1) is 16.4. The molecule has 126 valence electrons. The van der Waals surface area contributed by atoms with Crippen molar-refractivity contribution in [2.24, 2.45) is 5.41 Å². The van der Waals surface area contributed by atoms with Crippen LogP contribution in [-0.4, -0.2) is 26.6 Å². The Bertz CT molecular complexity index is 819. The molecule has 2 N–H and O–H groups in total. The van der Waals surface area contributed by atoms with Crippen LogP contribution in [0, 0.1) is 5.41 Å². The van der Waals surface area contributed by atoms with Gasteiger partial charge in [-0.2, -0.15) is 0 Å². The van der Waals surface area contributed by atoms with Gasteiger partial charge in [-0.25, -0.2) is 14.8 Å². The molecule has 7 heteroatoms. The standard InChI is InChI=1S/C17H21N5OS/c1-17(2,3)15(9-22-7-6-18-10-22)21-16(23)20-12-4-5-13-14(8-12)24-11-19-13/h4-8,10-11,15H,9H2,1-3H3,(H2,20,21,23)/t15-/m1/s1. The third-order valence-electron chi connectivity index (χ3n) is 3.89. The van der Waals surface area contributed by atoms with Crippen molar-refractivity contribution < 1.29 is 4.79 Å². The molecule has 0 radical (unpaired) electrons. The summed E-state index contributed by atoms with van der Waals surface area (Å²) in [6, 6.07) is 5.48. The van der Waals surface area contributed by atoms with Gasteiger partial charge in [0.1, 0.15) is 0 Å². The van der Waals surface area contributed by atoms with E-state index in [2.05, 4.69) is 41.4 Å². The first-order valence-corrected chi connectivity index (χ1v) is 8.66. The zero-order chi connectivity index (χ0) is 17.2. The summed E-state index contributed by atoms with van der Waals surface area (Å²) < 4.78 is 3.03. The Morgan fingerprint density at radius 3 is 2.92 bits per heavy atom. The third kappa shape index (κ3) is 3.91. The Labute approximate surface area is 144 Å². The van der Waals surface area contributed by atoms with Crippen LogP contribution in [0.3, 0.4) is 0 Å². The number of anilines is 1. The highest BCUT2D eigenvalue weighted by atomic mass is 32.1. The van der Waals surface area contributed by atoms with Crippen molar-refractivity contribution in [2.75, 3.05) is 5.32 Å². The maximum Gasteiger partial charge on any atom is 0.319 e. The molecule has 0 aliphatic rings. The van der Waals surface area contributed by atoms with E-state index >= 15 is 0 Å². The largest absolute Gasteiger partial charge is 0.335 e. The van der Waals surface area contributed by atoms with Crippen LogP contribution in [0.25, 0.3) is 10.2 Å². The van der Waals surface area contributed by atoms with Gasteiger partial charge in [-0.05, 0) is 23.6 Å². The number of fused-ring (bicyclic) bond motifs is 1. The average molecular weight is 343 g/mol. The Hall–Kier alpha value is -2.41. The van der Waals surface area contributed by atoms with Gasteiger partial charge in [-0.3, -0.25) is 0 Å². The maximum absolute atomic E-state index is 12.4. The second-order valence-corrected chi connectivity index (χ2v) is 7.70. The van der Waals surface area contributed by atoms with Gasteiger partial charge >= 0.3 is 6.03 Å². The van der Waals surface area contributed by atoms with E-state index in [1.165, 1.54) is 0 Å². The molecule has 2 heterocycles. The molecule has 0 spiro atoms. The second kappa shape index (κ2) is 6.60. The molecule has 0 aliphatic heterocycles. The molecule has 3 rings (SSSR count). The van der Waals surface area contributed by atoms with Crippen LogP contribution in [0.15, 0.2) is 42.4 Å². The van der Waals surface area contributed by atoms with Gasteiger partial charge in [0.25, 0.3) is 0 Å². The minimum absolute atomic E-state index is 0.0289. The predicted molar refractivity (Wildman–Crippen MR) is 97.2 cm³/mol. The molecule has 2 amide bonds. The lowest BCUT2D eigenvalue weighted by Crippen LogP contribution is -2.47. The van der Waals surface area contributed by atoms with Gasteiger partial charge in [0.05, 0.1) is 28.1 Å². The SMILES string of the molecule is CC(C)(C)[C@@H](Cn1ccnc1)NC(=O)Nc1ccc2ncsc2c1. The van der Waals surface area contributed by atoms with E-state index in [1.807, 2.05) is 29.0 Å². The number of urea groups is 1. The van der Waals surface area contributed by atoms with E-state index in [9.17, 15) is 4.79 Å². The molecule has 0 saturated heterocycles. The topological polar surface area (TPSA) is 71.8 Å². The fourth-order valence-corrected chi connectivity index (χ4v) is 3.12. The summed E-state index contributed by atoms with van der Waals surface area (Å²) in [6.45, 7) is 7.00. The molecule has 6 nitrogen and oxygen atoms in total.